The van der Waals surface area contributed by atoms with Crippen molar-refractivity contribution < 1.29 is 24.0 Å². The molecule has 230 valence electrons. The SMILES string of the molecule is C=CCCC(NC(=O)[C@@H]1[C@H]2[C@@H](CN1C(=O)[C@@H](NC(=O)NCC=C)C1Cc3ccccc3C1)C2(C)C)C(=O)C(=O)NCC=C. The minimum Gasteiger partial charge on any atom is -0.346 e. The Morgan fingerprint density at radius 2 is 1.58 bits per heavy atom. The number of nitrogens with one attached hydrogen (secondary N) is 4. The molecule has 4 rings (SSSR count). The summed E-state index contributed by atoms with van der Waals surface area (Å²) >= 11 is 0. The quantitative estimate of drug-likeness (QED) is 0.195. The van der Waals surface area contributed by atoms with Gasteiger partial charge in [-0.15, -0.1) is 19.7 Å². The molecule has 4 N–H and O–H groups in total. The van der Waals surface area contributed by atoms with Crippen LogP contribution in [0.3, 0.4) is 0 Å². The Morgan fingerprint density at radius 1 is 0.953 bits per heavy atom. The molecule has 1 aliphatic heterocycles. The maximum atomic E-state index is 14.3. The molecule has 5 atom stereocenters. The van der Waals surface area contributed by atoms with Crippen LogP contribution in [0.15, 0.2) is 62.2 Å². The van der Waals surface area contributed by atoms with Crippen molar-refractivity contribution in [3.63, 3.8) is 0 Å². The number of carbonyl (C=O) groups excluding carboxylic acids is 5. The van der Waals surface area contributed by atoms with Gasteiger partial charge in [-0.1, -0.05) is 56.3 Å². The Balaban J connectivity index is 1.58. The lowest BCUT2D eigenvalue weighted by molar-refractivity contribution is -0.144. The minimum absolute atomic E-state index is 0.0986. The van der Waals surface area contributed by atoms with Gasteiger partial charge in [0.05, 0.1) is 6.04 Å². The van der Waals surface area contributed by atoms with E-state index in [2.05, 4.69) is 54.9 Å². The van der Waals surface area contributed by atoms with E-state index in [1.807, 2.05) is 24.3 Å². The highest BCUT2D eigenvalue weighted by molar-refractivity contribution is 6.38. The van der Waals surface area contributed by atoms with Gasteiger partial charge < -0.3 is 26.2 Å². The van der Waals surface area contributed by atoms with E-state index < -0.39 is 41.8 Å². The number of ketones is 1. The number of likely N-dealkylation sites (tertiary alicyclic amines) is 1. The molecule has 10 nitrogen and oxygen atoms in total. The Labute approximate surface area is 253 Å². The largest absolute Gasteiger partial charge is 0.346 e. The van der Waals surface area contributed by atoms with Gasteiger partial charge in [0.1, 0.15) is 12.1 Å². The zero-order valence-electron chi connectivity index (χ0n) is 25.1. The number of urea groups is 1. The number of amides is 5. The van der Waals surface area contributed by atoms with Gasteiger partial charge in [-0.2, -0.15) is 0 Å². The van der Waals surface area contributed by atoms with Crippen molar-refractivity contribution in [2.75, 3.05) is 19.6 Å². The molecule has 43 heavy (non-hydrogen) atoms. The molecule has 2 aliphatic carbocycles. The summed E-state index contributed by atoms with van der Waals surface area (Å²) in [7, 11) is 0. The van der Waals surface area contributed by atoms with Crippen molar-refractivity contribution in [3.8, 4) is 0 Å². The smallest absolute Gasteiger partial charge is 0.315 e. The molecular weight excluding hydrogens is 546 g/mol. The van der Waals surface area contributed by atoms with Gasteiger partial charge >= 0.3 is 6.03 Å². The average molecular weight is 590 g/mol. The summed E-state index contributed by atoms with van der Waals surface area (Å²) in [6.07, 6.45) is 6.48. The summed E-state index contributed by atoms with van der Waals surface area (Å²) in [5, 5.41) is 10.9. The first-order chi connectivity index (χ1) is 20.5. The van der Waals surface area contributed by atoms with Gasteiger partial charge in [0.15, 0.2) is 0 Å². The monoisotopic (exact) mass is 589 g/mol. The number of allylic oxidation sites excluding steroid dienone is 1. The highest BCUT2D eigenvalue weighted by Gasteiger charge is 2.69. The van der Waals surface area contributed by atoms with Crippen molar-refractivity contribution in [1.29, 1.82) is 0 Å². The number of carbonyl (C=O) groups is 5. The van der Waals surface area contributed by atoms with Crippen LogP contribution in [0.25, 0.3) is 0 Å². The highest BCUT2D eigenvalue weighted by Crippen LogP contribution is 2.65. The van der Waals surface area contributed by atoms with E-state index in [-0.39, 0.29) is 48.6 Å². The van der Waals surface area contributed by atoms with Gasteiger partial charge in [0, 0.05) is 19.6 Å². The fourth-order valence-electron chi connectivity index (χ4n) is 6.78. The van der Waals surface area contributed by atoms with E-state index in [0.29, 0.717) is 25.8 Å². The maximum Gasteiger partial charge on any atom is 0.315 e. The predicted octanol–water partition coefficient (Wildman–Crippen LogP) is 2.06. The highest BCUT2D eigenvalue weighted by atomic mass is 16.2. The number of benzene rings is 1. The molecule has 10 heteroatoms. The van der Waals surface area contributed by atoms with Crippen molar-refractivity contribution in [2.24, 2.45) is 23.2 Å². The number of Topliss-reactive ketones (excluding diaryl/α,β-unsaturated/α-hetero) is 1. The zero-order valence-corrected chi connectivity index (χ0v) is 25.1. The first kappa shape index (κ1) is 31.7. The van der Waals surface area contributed by atoms with Gasteiger partial charge in [0.2, 0.25) is 17.6 Å². The molecule has 1 saturated heterocycles. The van der Waals surface area contributed by atoms with Crippen LogP contribution in [0, 0.1) is 23.2 Å². The standard InChI is InChI=1S/C33H43N5O5/c1-6-9-14-24(28(39)30(41)34-15-7-2)36-29(40)27-25-23(33(25,4)5)19-38(27)31(42)26(37-32(43)35-16-8-3)22-17-20-12-10-11-13-21(20)18-22/h6-8,10-13,22-27H,1-3,9,14-19H2,4-5H3,(H,34,41)(H,36,40)(H2,35,37,43)/t23-,24?,25-,26+,27+/m1/s1. The normalized spacial score (nSPS) is 22.7. The Bertz CT molecular complexity index is 1280. The maximum absolute atomic E-state index is 14.3. The van der Waals surface area contributed by atoms with Crippen LogP contribution in [0.5, 0.6) is 0 Å². The molecule has 2 fully saturated rings. The van der Waals surface area contributed by atoms with E-state index in [9.17, 15) is 24.0 Å². The van der Waals surface area contributed by atoms with E-state index >= 15 is 0 Å². The molecule has 1 aromatic carbocycles. The fourth-order valence-corrected chi connectivity index (χ4v) is 6.78. The van der Waals surface area contributed by atoms with Crippen molar-refractivity contribution >= 4 is 29.5 Å². The van der Waals surface area contributed by atoms with Gasteiger partial charge in [-0.05, 0) is 60.0 Å². The summed E-state index contributed by atoms with van der Waals surface area (Å²) < 4.78 is 0. The lowest BCUT2D eigenvalue weighted by atomic mass is 9.93. The second-order valence-corrected chi connectivity index (χ2v) is 12.2. The van der Waals surface area contributed by atoms with Gasteiger partial charge in [-0.25, -0.2) is 4.79 Å². The van der Waals surface area contributed by atoms with Crippen LogP contribution in [-0.4, -0.2) is 72.2 Å². The number of nitrogens with zero attached hydrogens (tertiary/aromatic N) is 1. The predicted molar refractivity (Wildman–Crippen MR) is 164 cm³/mol. The molecule has 0 radical (unpaired) electrons. The van der Waals surface area contributed by atoms with Crippen molar-refractivity contribution in [2.45, 2.75) is 57.7 Å². The molecule has 5 amide bonds. The van der Waals surface area contributed by atoms with Crippen molar-refractivity contribution in [3.05, 3.63) is 73.4 Å². The Hall–Kier alpha value is -4.21. The molecule has 0 spiro atoms. The third kappa shape index (κ3) is 6.73. The second-order valence-electron chi connectivity index (χ2n) is 12.2. The molecular formula is C33H43N5O5. The molecule has 0 aromatic heterocycles. The third-order valence-electron chi connectivity index (χ3n) is 9.20. The van der Waals surface area contributed by atoms with E-state index in [1.165, 1.54) is 6.08 Å². The lowest BCUT2D eigenvalue weighted by Gasteiger charge is -2.35. The van der Waals surface area contributed by atoms with Crippen LogP contribution in [-0.2, 0) is 32.0 Å². The van der Waals surface area contributed by atoms with E-state index in [0.717, 1.165) is 11.1 Å². The van der Waals surface area contributed by atoms with Crippen molar-refractivity contribution in [1.82, 2.24) is 26.2 Å². The summed E-state index contributed by atoms with van der Waals surface area (Å²) in [5.41, 5.74) is 2.10. The van der Waals surface area contributed by atoms with Crippen LogP contribution < -0.4 is 21.3 Å². The Kier molecular flexibility index (Phi) is 9.88. The first-order valence-corrected chi connectivity index (χ1v) is 14.9. The van der Waals surface area contributed by atoms with Crippen LogP contribution in [0.1, 0.15) is 37.8 Å². The van der Waals surface area contributed by atoms with Gasteiger partial charge in [-0.3, -0.25) is 19.2 Å². The summed E-state index contributed by atoms with van der Waals surface area (Å²) in [4.78, 5) is 68.1. The van der Waals surface area contributed by atoms with Gasteiger partial charge in [0.25, 0.3) is 5.91 Å². The molecule has 1 unspecified atom stereocenters. The summed E-state index contributed by atoms with van der Waals surface area (Å²) in [6.45, 7) is 15.7. The molecule has 1 saturated carbocycles. The summed E-state index contributed by atoms with van der Waals surface area (Å²) in [6, 6.07) is 4.72. The number of piperidine rings is 1. The zero-order chi connectivity index (χ0) is 31.3. The molecule has 0 bridgehead atoms. The minimum atomic E-state index is -1.07. The van der Waals surface area contributed by atoms with Crippen LogP contribution in [0.2, 0.25) is 0 Å². The first-order valence-electron chi connectivity index (χ1n) is 14.9. The molecule has 1 aromatic rings. The van der Waals surface area contributed by atoms with E-state index in [4.69, 9.17) is 0 Å². The second kappa shape index (κ2) is 13.4. The Morgan fingerprint density at radius 3 is 2.19 bits per heavy atom. The lowest BCUT2D eigenvalue weighted by Crippen LogP contribution is -2.60. The molecule has 3 aliphatic rings. The topological polar surface area (TPSA) is 137 Å². The fraction of sp³-hybridized carbons (Fsp3) is 0.485. The number of hydrogen-bond acceptors (Lipinski definition) is 5. The van der Waals surface area contributed by atoms with Crippen LogP contribution >= 0.6 is 0 Å². The van der Waals surface area contributed by atoms with E-state index in [1.54, 1.807) is 17.1 Å². The van der Waals surface area contributed by atoms with Crippen LogP contribution in [0.4, 0.5) is 4.79 Å². The number of fused-ring (bicyclic) bond motifs is 2. The molecule has 1 heterocycles. The number of rotatable bonds is 14. The third-order valence-corrected chi connectivity index (χ3v) is 9.20. The number of hydrogen-bond donors (Lipinski definition) is 4. The average Bonchev–Trinajstić information content (AvgIpc) is 3.36. The summed E-state index contributed by atoms with van der Waals surface area (Å²) in [5.74, 6) is -2.58.